The zero-order chi connectivity index (χ0) is 18.1. The molecule has 1 amide bonds. The third-order valence-corrected chi connectivity index (χ3v) is 3.75. The molecule has 6 heteroatoms. The number of pyridine rings is 1. The van der Waals surface area contributed by atoms with E-state index in [4.69, 9.17) is 9.47 Å². The van der Waals surface area contributed by atoms with Crippen LogP contribution in [0.5, 0.6) is 5.88 Å². The van der Waals surface area contributed by atoms with Crippen molar-refractivity contribution in [2.24, 2.45) is 0 Å². The summed E-state index contributed by atoms with van der Waals surface area (Å²) in [7, 11) is 1.61. The Balaban J connectivity index is 1.78. The quantitative estimate of drug-likeness (QED) is 0.709. The van der Waals surface area contributed by atoms with Gasteiger partial charge in [0.05, 0.1) is 6.61 Å². The number of amides is 1. The van der Waals surface area contributed by atoms with E-state index in [-0.39, 0.29) is 24.1 Å². The number of rotatable bonds is 9. The molecule has 134 valence electrons. The zero-order valence-electron chi connectivity index (χ0n) is 14.5. The number of methoxy groups -OCH3 is 1. The maximum atomic E-state index is 13.7. The van der Waals surface area contributed by atoms with Gasteiger partial charge in [-0.25, -0.2) is 9.37 Å². The fourth-order valence-corrected chi connectivity index (χ4v) is 2.37. The maximum absolute atomic E-state index is 13.7. The minimum Gasteiger partial charge on any atom is -0.475 e. The molecule has 0 aliphatic carbocycles. The Bertz CT molecular complexity index is 677. The van der Waals surface area contributed by atoms with Crippen molar-refractivity contribution in [1.82, 2.24) is 10.3 Å². The van der Waals surface area contributed by atoms with Gasteiger partial charge in [-0.15, -0.1) is 0 Å². The molecule has 0 spiro atoms. The lowest BCUT2D eigenvalue weighted by molar-refractivity contribution is -0.121. The molecule has 2 rings (SSSR count). The minimum absolute atomic E-state index is 0.129. The lowest BCUT2D eigenvalue weighted by Gasteiger charge is -2.13. The van der Waals surface area contributed by atoms with Crippen LogP contribution in [-0.4, -0.2) is 31.2 Å². The van der Waals surface area contributed by atoms with Crippen molar-refractivity contribution in [3.05, 3.63) is 59.5 Å². The predicted octanol–water partition coefficient (Wildman–Crippen LogP) is 3.06. The van der Waals surface area contributed by atoms with Gasteiger partial charge < -0.3 is 14.8 Å². The molecule has 0 saturated carbocycles. The number of hydrogen-bond donors (Lipinski definition) is 1. The van der Waals surface area contributed by atoms with Crippen LogP contribution >= 0.6 is 0 Å². The Morgan fingerprint density at radius 2 is 2.04 bits per heavy atom. The Kier molecular flexibility index (Phi) is 7.35. The van der Waals surface area contributed by atoms with E-state index in [2.05, 4.69) is 10.3 Å². The minimum atomic E-state index is -0.281. The number of hydrogen-bond acceptors (Lipinski definition) is 4. The summed E-state index contributed by atoms with van der Waals surface area (Å²) in [6.07, 6.45) is 1.88. The normalized spacial score (nSPS) is 11.8. The molecule has 0 radical (unpaired) electrons. The summed E-state index contributed by atoms with van der Waals surface area (Å²) in [6.45, 7) is 3.15. The Morgan fingerprint density at radius 1 is 1.24 bits per heavy atom. The molecule has 0 saturated heterocycles. The van der Waals surface area contributed by atoms with Gasteiger partial charge in [0, 0.05) is 32.3 Å². The van der Waals surface area contributed by atoms with Gasteiger partial charge in [-0.2, -0.15) is 0 Å². The van der Waals surface area contributed by atoms with Crippen LogP contribution in [0, 0.1) is 5.82 Å². The predicted molar refractivity (Wildman–Crippen MR) is 92.9 cm³/mol. The van der Waals surface area contributed by atoms with E-state index in [0.717, 1.165) is 5.56 Å². The van der Waals surface area contributed by atoms with Gasteiger partial charge in [0.1, 0.15) is 12.4 Å². The van der Waals surface area contributed by atoms with Crippen LogP contribution in [0.25, 0.3) is 0 Å². The van der Waals surface area contributed by atoms with E-state index in [1.165, 1.54) is 6.07 Å². The van der Waals surface area contributed by atoms with Gasteiger partial charge in [-0.3, -0.25) is 4.79 Å². The number of halogens is 1. The maximum Gasteiger partial charge on any atom is 0.220 e. The number of benzene rings is 1. The second-order valence-corrected chi connectivity index (χ2v) is 5.75. The summed E-state index contributed by atoms with van der Waals surface area (Å²) >= 11 is 0. The first-order chi connectivity index (χ1) is 12.1. The average molecular weight is 346 g/mol. The fraction of sp³-hybridized carbons (Fsp3) is 0.368. The number of nitrogens with one attached hydrogen (secondary N) is 1. The van der Waals surface area contributed by atoms with Crippen LogP contribution in [0.15, 0.2) is 42.6 Å². The van der Waals surface area contributed by atoms with E-state index in [1.807, 2.05) is 13.0 Å². The molecule has 0 aliphatic rings. The van der Waals surface area contributed by atoms with E-state index >= 15 is 0 Å². The van der Waals surface area contributed by atoms with Crippen molar-refractivity contribution in [1.29, 1.82) is 0 Å². The van der Waals surface area contributed by atoms with Crippen molar-refractivity contribution in [2.75, 3.05) is 20.3 Å². The molecular weight excluding hydrogens is 323 g/mol. The molecule has 1 aromatic heterocycles. The van der Waals surface area contributed by atoms with Crippen LogP contribution in [0.3, 0.4) is 0 Å². The van der Waals surface area contributed by atoms with Gasteiger partial charge in [-0.1, -0.05) is 31.2 Å². The highest BCUT2D eigenvalue weighted by Gasteiger charge is 2.14. The van der Waals surface area contributed by atoms with Crippen LogP contribution in [0.1, 0.15) is 30.4 Å². The van der Waals surface area contributed by atoms with Crippen molar-refractivity contribution in [2.45, 2.75) is 25.8 Å². The van der Waals surface area contributed by atoms with Gasteiger partial charge in [0.25, 0.3) is 0 Å². The molecule has 1 atom stereocenters. The molecule has 1 aromatic carbocycles. The summed E-state index contributed by atoms with van der Waals surface area (Å²) < 4.78 is 24.0. The summed E-state index contributed by atoms with van der Waals surface area (Å²) in [5.41, 5.74) is 1.42. The van der Waals surface area contributed by atoms with Crippen molar-refractivity contribution < 1.29 is 18.7 Å². The van der Waals surface area contributed by atoms with Gasteiger partial charge >= 0.3 is 0 Å². The molecule has 0 bridgehead atoms. The fourth-order valence-electron chi connectivity index (χ4n) is 2.37. The third kappa shape index (κ3) is 6.15. The lowest BCUT2D eigenvalue weighted by Crippen LogP contribution is -2.24. The Hall–Kier alpha value is -2.47. The second kappa shape index (κ2) is 9.74. The average Bonchev–Trinajstić information content (AvgIpc) is 2.61. The SMILES string of the molecule is COCCOc1ccc(CNC(=O)C[C@H](C)c2ccccc2F)cn1. The second-order valence-electron chi connectivity index (χ2n) is 5.75. The summed E-state index contributed by atoms with van der Waals surface area (Å²) in [5.74, 6) is -0.0802. The third-order valence-electron chi connectivity index (χ3n) is 3.75. The lowest BCUT2D eigenvalue weighted by atomic mass is 9.97. The summed E-state index contributed by atoms with van der Waals surface area (Å²) in [4.78, 5) is 16.2. The zero-order valence-corrected chi connectivity index (χ0v) is 14.5. The standard InChI is InChI=1S/C19H23FN2O3/c1-14(16-5-3-4-6-17(16)20)11-18(23)21-12-15-7-8-19(22-13-15)25-10-9-24-2/h3-8,13-14H,9-12H2,1-2H3,(H,21,23)/t14-/m0/s1. The van der Waals surface area contributed by atoms with E-state index in [0.29, 0.717) is 31.2 Å². The first kappa shape index (κ1) is 18.9. The molecule has 0 unspecified atom stereocenters. The van der Waals surface area contributed by atoms with Crippen LogP contribution in [0.2, 0.25) is 0 Å². The molecule has 1 N–H and O–H groups in total. The largest absolute Gasteiger partial charge is 0.475 e. The number of nitrogens with zero attached hydrogens (tertiary/aromatic N) is 1. The van der Waals surface area contributed by atoms with Gasteiger partial charge in [-0.05, 0) is 23.1 Å². The molecule has 2 aromatic rings. The van der Waals surface area contributed by atoms with E-state index in [9.17, 15) is 9.18 Å². The molecule has 0 aliphatic heterocycles. The number of carbonyl (C=O) groups is 1. The van der Waals surface area contributed by atoms with E-state index in [1.54, 1.807) is 37.6 Å². The molecule has 1 heterocycles. The van der Waals surface area contributed by atoms with Gasteiger partial charge in [0.15, 0.2) is 0 Å². The molecular formula is C19H23FN2O3. The molecule has 5 nitrogen and oxygen atoms in total. The van der Waals surface area contributed by atoms with Crippen molar-refractivity contribution in [3.63, 3.8) is 0 Å². The van der Waals surface area contributed by atoms with Crippen LogP contribution < -0.4 is 10.1 Å². The smallest absolute Gasteiger partial charge is 0.220 e. The Labute approximate surface area is 147 Å². The van der Waals surface area contributed by atoms with Crippen LogP contribution in [0.4, 0.5) is 4.39 Å². The van der Waals surface area contributed by atoms with E-state index < -0.39 is 0 Å². The first-order valence-corrected chi connectivity index (χ1v) is 8.18. The molecule has 25 heavy (non-hydrogen) atoms. The molecule has 0 fully saturated rings. The Morgan fingerprint density at radius 3 is 2.72 bits per heavy atom. The summed E-state index contributed by atoms with van der Waals surface area (Å²) in [6, 6.07) is 10.1. The topological polar surface area (TPSA) is 60.5 Å². The summed E-state index contributed by atoms with van der Waals surface area (Å²) in [5, 5.41) is 2.83. The van der Waals surface area contributed by atoms with Crippen molar-refractivity contribution >= 4 is 5.91 Å². The first-order valence-electron chi connectivity index (χ1n) is 8.18. The number of ether oxygens (including phenoxy) is 2. The van der Waals surface area contributed by atoms with Crippen molar-refractivity contribution in [3.8, 4) is 5.88 Å². The van der Waals surface area contributed by atoms with Crippen LogP contribution in [-0.2, 0) is 16.1 Å². The monoisotopic (exact) mass is 346 g/mol. The highest BCUT2D eigenvalue weighted by molar-refractivity contribution is 5.76. The highest BCUT2D eigenvalue weighted by atomic mass is 19.1. The number of carbonyl (C=O) groups excluding carboxylic acids is 1. The highest BCUT2D eigenvalue weighted by Crippen LogP contribution is 2.21. The van der Waals surface area contributed by atoms with Gasteiger partial charge in [0.2, 0.25) is 11.8 Å². The number of aromatic nitrogens is 1.